The summed E-state index contributed by atoms with van der Waals surface area (Å²) in [6, 6.07) is 9.99. The van der Waals surface area contributed by atoms with Crippen molar-refractivity contribution < 1.29 is 22.0 Å². The van der Waals surface area contributed by atoms with Crippen molar-refractivity contribution >= 4 is 32.7 Å². The smallest absolute Gasteiger partial charge is 0.295 e. The molecule has 3 rings (SSSR count). The van der Waals surface area contributed by atoms with Gasteiger partial charge in [0.2, 0.25) is 10.0 Å². The summed E-state index contributed by atoms with van der Waals surface area (Å²) in [6.07, 6.45) is -2.73. The average Bonchev–Trinajstić information content (AvgIpc) is 3.11. The molecule has 2 aromatic carbocycles. The van der Waals surface area contributed by atoms with E-state index in [9.17, 15) is 22.0 Å². The molecular formula is C19H20F2N4O3S. The van der Waals surface area contributed by atoms with Crippen molar-refractivity contribution in [2.24, 2.45) is 0 Å². The van der Waals surface area contributed by atoms with Gasteiger partial charge in [0.1, 0.15) is 0 Å². The van der Waals surface area contributed by atoms with Crippen molar-refractivity contribution in [3.63, 3.8) is 0 Å². The quantitative estimate of drug-likeness (QED) is 0.632. The molecule has 0 fully saturated rings. The first-order valence-corrected chi connectivity index (χ1v) is 10.2. The summed E-state index contributed by atoms with van der Waals surface area (Å²) in [5.41, 5.74) is 1.22. The standard InChI is InChI=1S/C19H20F2N4O3S/c1-11(2)25(3)29(27,28)14-6-4-5-12(9-14)19(26)22-13-7-8-15-16(10-13)24-18(23-15)17(20)21/h4-11,17H,1-3H3,(H,22,26)(H,23,24). The molecule has 0 unspecified atom stereocenters. The fourth-order valence-electron chi connectivity index (χ4n) is 2.66. The fourth-order valence-corrected chi connectivity index (χ4v) is 4.07. The van der Waals surface area contributed by atoms with E-state index in [2.05, 4.69) is 15.3 Å². The molecule has 0 saturated heterocycles. The molecule has 154 valence electrons. The van der Waals surface area contributed by atoms with Crippen LogP contribution in [0.1, 0.15) is 36.5 Å². The van der Waals surface area contributed by atoms with Crippen LogP contribution in [0.15, 0.2) is 47.4 Å². The van der Waals surface area contributed by atoms with Crippen LogP contribution in [0.3, 0.4) is 0 Å². The number of imidazole rings is 1. The van der Waals surface area contributed by atoms with Gasteiger partial charge in [-0.15, -0.1) is 0 Å². The van der Waals surface area contributed by atoms with E-state index < -0.39 is 28.2 Å². The first-order valence-electron chi connectivity index (χ1n) is 8.77. The third-order valence-electron chi connectivity index (χ3n) is 4.47. The third kappa shape index (κ3) is 4.28. The Labute approximate surface area is 166 Å². The number of aromatic nitrogens is 2. The molecule has 1 amide bonds. The van der Waals surface area contributed by atoms with Crippen LogP contribution < -0.4 is 5.32 Å². The molecule has 1 aromatic heterocycles. The van der Waals surface area contributed by atoms with Crippen LogP contribution in [0.5, 0.6) is 0 Å². The van der Waals surface area contributed by atoms with Crippen LogP contribution in [0.4, 0.5) is 14.5 Å². The molecule has 0 aliphatic carbocycles. The highest BCUT2D eigenvalue weighted by atomic mass is 32.2. The Morgan fingerprint density at radius 2 is 1.90 bits per heavy atom. The summed E-state index contributed by atoms with van der Waals surface area (Å²) in [6.45, 7) is 3.50. The third-order valence-corrected chi connectivity index (χ3v) is 6.49. The van der Waals surface area contributed by atoms with Crippen LogP contribution in [0.25, 0.3) is 11.0 Å². The number of sulfonamides is 1. The lowest BCUT2D eigenvalue weighted by Gasteiger charge is -2.21. The summed E-state index contributed by atoms with van der Waals surface area (Å²) in [4.78, 5) is 18.9. The Morgan fingerprint density at radius 1 is 1.17 bits per heavy atom. The number of nitrogens with zero attached hydrogens (tertiary/aromatic N) is 2. The number of carbonyl (C=O) groups is 1. The second-order valence-corrected chi connectivity index (χ2v) is 8.75. The summed E-state index contributed by atoms with van der Waals surface area (Å²) < 4.78 is 52.0. The molecule has 3 aromatic rings. The van der Waals surface area contributed by atoms with Crippen molar-refractivity contribution in [2.45, 2.75) is 31.2 Å². The molecule has 7 nitrogen and oxygen atoms in total. The molecule has 0 spiro atoms. The number of fused-ring (bicyclic) bond motifs is 1. The van der Waals surface area contributed by atoms with Gasteiger partial charge in [-0.3, -0.25) is 4.79 Å². The summed E-state index contributed by atoms with van der Waals surface area (Å²) in [5, 5.41) is 2.64. The minimum absolute atomic E-state index is 0.00643. The number of anilines is 1. The molecule has 10 heteroatoms. The van der Waals surface area contributed by atoms with Gasteiger partial charge in [-0.05, 0) is 50.2 Å². The SMILES string of the molecule is CC(C)N(C)S(=O)(=O)c1cccc(C(=O)Nc2ccc3nc(C(F)F)[nH]c3c2)c1. The molecule has 1 heterocycles. The van der Waals surface area contributed by atoms with Crippen molar-refractivity contribution in [2.75, 3.05) is 12.4 Å². The van der Waals surface area contributed by atoms with Gasteiger partial charge in [-0.1, -0.05) is 6.07 Å². The molecule has 29 heavy (non-hydrogen) atoms. The van der Waals surface area contributed by atoms with E-state index in [0.29, 0.717) is 16.7 Å². The predicted octanol–water partition coefficient (Wildman–Crippen LogP) is 3.78. The van der Waals surface area contributed by atoms with E-state index >= 15 is 0 Å². The minimum atomic E-state index is -3.73. The van der Waals surface area contributed by atoms with Crippen molar-refractivity contribution in [1.82, 2.24) is 14.3 Å². The number of nitrogens with one attached hydrogen (secondary N) is 2. The average molecular weight is 422 g/mol. The number of hydrogen-bond donors (Lipinski definition) is 2. The van der Waals surface area contributed by atoms with E-state index in [-0.39, 0.29) is 16.5 Å². The highest BCUT2D eigenvalue weighted by Crippen LogP contribution is 2.23. The van der Waals surface area contributed by atoms with Gasteiger partial charge in [0, 0.05) is 24.3 Å². The van der Waals surface area contributed by atoms with Gasteiger partial charge >= 0.3 is 0 Å². The lowest BCUT2D eigenvalue weighted by Crippen LogP contribution is -2.33. The van der Waals surface area contributed by atoms with E-state index in [1.807, 2.05) is 0 Å². The van der Waals surface area contributed by atoms with Crippen molar-refractivity contribution in [1.29, 1.82) is 0 Å². The molecule has 0 aliphatic rings. The van der Waals surface area contributed by atoms with Crippen molar-refractivity contribution in [3.8, 4) is 0 Å². The van der Waals surface area contributed by atoms with E-state index in [1.54, 1.807) is 13.8 Å². The van der Waals surface area contributed by atoms with Gasteiger partial charge in [-0.2, -0.15) is 4.31 Å². The first-order chi connectivity index (χ1) is 13.6. The fraction of sp³-hybridized carbons (Fsp3) is 0.263. The lowest BCUT2D eigenvalue weighted by molar-refractivity contribution is 0.102. The number of alkyl halides is 2. The summed E-state index contributed by atoms with van der Waals surface area (Å²) in [7, 11) is -2.26. The Balaban J connectivity index is 1.85. The van der Waals surface area contributed by atoms with Crippen LogP contribution in [0, 0.1) is 0 Å². The van der Waals surface area contributed by atoms with Crippen LogP contribution in [-0.4, -0.2) is 41.7 Å². The van der Waals surface area contributed by atoms with Gasteiger partial charge < -0.3 is 10.3 Å². The zero-order chi connectivity index (χ0) is 21.3. The van der Waals surface area contributed by atoms with Gasteiger partial charge in [0.15, 0.2) is 5.82 Å². The number of benzene rings is 2. The maximum atomic E-state index is 12.8. The second kappa shape index (κ2) is 7.88. The van der Waals surface area contributed by atoms with Gasteiger partial charge in [0.25, 0.3) is 12.3 Å². The zero-order valence-corrected chi connectivity index (χ0v) is 16.8. The van der Waals surface area contributed by atoms with Gasteiger partial charge in [-0.25, -0.2) is 22.2 Å². The normalized spacial score (nSPS) is 12.3. The Morgan fingerprint density at radius 3 is 2.55 bits per heavy atom. The highest BCUT2D eigenvalue weighted by molar-refractivity contribution is 7.89. The number of H-pyrrole nitrogens is 1. The molecule has 0 atom stereocenters. The molecule has 0 aliphatic heterocycles. The van der Waals surface area contributed by atoms with Crippen LogP contribution >= 0.6 is 0 Å². The van der Waals surface area contributed by atoms with Crippen molar-refractivity contribution in [3.05, 3.63) is 53.9 Å². The zero-order valence-electron chi connectivity index (χ0n) is 16.0. The molecule has 0 radical (unpaired) electrons. The monoisotopic (exact) mass is 422 g/mol. The Hall–Kier alpha value is -2.85. The van der Waals surface area contributed by atoms with Crippen LogP contribution in [-0.2, 0) is 10.0 Å². The van der Waals surface area contributed by atoms with E-state index in [0.717, 1.165) is 0 Å². The molecule has 2 N–H and O–H groups in total. The maximum absolute atomic E-state index is 12.8. The highest BCUT2D eigenvalue weighted by Gasteiger charge is 2.24. The minimum Gasteiger partial charge on any atom is -0.337 e. The van der Waals surface area contributed by atoms with Gasteiger partial charge in [0.05, 0.1) is 15.9 Å². The number of halogens is 2. The first kappa shape index (κ1) is 20.9. The number of hydrogen-bond acceptors (Lipinski definition) is 4. The molecular weight excluding hydrogens is 402 g/mol. The maximum Gasteiger partial charge on any atom is 0.295 e. The number of carbonyl (C=O) groups excluding carboxylic acids is 1. The summed E-state index contributed by atoms with van der Waals surface area (Å²) in [5.74, 6) is -0.974. The van der Waals surface area contributed by atoms with E-state index in [1.165, 1.54) is 53.8 Å². The number of aromatic amines is 1. The largest absolute Gasteiger partial charge is 0.337 e. The molecule has 0 saturated carbocycles. The predicted molar refractivity (Wildman–Crippen MR) is 106 cm³/mol. The summed E-state index contributed by atoms with van der Waals surface area (Å²) >= 11 is 0. The number of rotatable bonds is 6. The Kier molecular flexibility index (Phi) is 5.67. The van der Waals surface area contributed by atoms with Crippen LogP contribution in [0.2, 0.25) is 0 Å². The van der Waals surface area contributed by atoms with E-state index in [4.69, 9.17) is 0 Å². The second-order valence-electron chi connectivity index (χ2n) is 6.75. The Bertz CT molecular complexity index is 1160. The number of amides is 1. The lowest BCUT2D eigenvalue weighted by atomic mass is 10.2. The molecule has 0 bridgehead atoms. The topological polar surface area (TPSA) is 95.2 Å².